The Morgan fingerprint density at radius 1 is 1.47 bits per heavy atom. The zero-order chi connectivity index (χ0) is 10.7. The van der Waals surface area contributed by atoms with E-state index in [1.165, 1.54) is 25.7 Å². The number of hydrogen-bond acceptors (Lipinski definition) is 2. The Hall–Kier alpha value is -0.760. The van der Waals surface area contributed by atoms with Crippen LogP contribution in [-0.4, -0.2) is 11.0 Å². The first-order valence-corrected chi connectivity index (χ1v) is 6.02. The highest BCUT2D eigenvalue weighted by atomic mass is 35.5. The van der Waals surface area contributed by atoms with E-state index in [4.69, 9.17) is 11.6 Å². The van der Waals surface area contributed by atoms with Gasteiger partial charge in [0.25, 0.3) is 0 Å². The van der Waals surface area contributed by atoms with E-state index >= 15 is 0 Å². The van der Waals surface area contributed by atoms with Gasteiger partial charge >= 0.3 is 0 Å². The highest BCUT2D eigenvalue weighted by Crippen LogP contribution is 2.30. The van der Waals surface area contributed by atoms with Gasteiger partial charge in [-0.3, -0.25) is 0 Å². The third-order valence-electron chi connectivity index (χ3n) is 3.25. The molecule has 0 aliphatic heterocycles. The molecule has 1 aromatic heterocycles. The quantitative estimate of drug-likeness (QED) is 0.792. The first kappa shape index (κ1) is 10.7. The Labute approximate surface area is 96.1 Å². The maximum absolute atomic E-state index is 6.00. The van der Waals surface area contributed by atoms with Crippen LogP contribution in [0.1, 0.15) is 32.6 Å². The normalized spacial score (nSPS) is 19.1. The molecule has 1 saturated carbocycles. The fourth-order valence-electron chi connectivity index (χ4n) is 2.31. The fourth-order valence-corrected chi connectivity index (χ4v) is 2.49. The molecule has 1 fully saturated rings. The number of anilines is 1. The van der Waals surface area contributed by atoms with Crippen LogP contribution in [0, 0.1) is 5.92 Å². The number of pyridine rings is 1. The third kappa shape index (κ3) is 2.63. The number of halogens is 1. The van der Waals surface area contributed by atoms with Crippen LogP contribution in [0.3, 0.4) is 0 Å². The molecule has 1 atom stereocenters. The molecule has 0 bridgehead atoms. The second-order valence-electron chi connectivity index (χ2n) is 4.32. The van der Waals surface area contributed by atoms with Crippen molar-refractivity contribution in [1.29, 1.82) is 0 Å². The van der Waals surface area contributed by atoms with Crippen LogP contribution in [0.2, 0.25) is 5.15 Å². The Morgan fingerprint density at radius 3 is 2.87 bits per heavy atom. The van der Waals surface area contributed by atoms with Crippen LogP contribution in [0.15, 0.2) is 18.3 Å². The van der Waals surface area contributed by atoms with Crippen LogP contribution in [-0.2, 0) is 0 Å². The van der Waals surface area contributed by atoms with Gasteiger partial charge in [-0.2, -0.15) is 0 Å². The van der Waals surface area contributed by atoms with Gasteiger partial charge in [-0.25, -0.2) is 4.98 Å². The van der Waals surface area contributed by atoms with Crippen LogP contribution in [0.5, 0.6) is 0 Å². The van der Waals surface area contributed by atoms with Gasteiger partial charge in [0.05, 0.1) is 5.69 Å². The zero-order valence-electron chi connectivity index (χ0n) is 9.04. The summed E-state index contributed by atoms with van der Waals surface area (Å²) in [6, 6.07) is 4.39. The van der Waals surface area contributed by atoms with E-state index in [0.717, 1.165) is 11.6 Å². The lowest BCUT2D eigenvalue weighted by molar-refractivity contribution is 0.482. The Morgan fingerprint density at radius 2 is 2.20 bits per heavy atom. The smallest absolute Gasteiger partial charge is 0.152 e. The topological polar surface area (TPSA) is 24.9 Å². The van der Waals surface area contributed by atoms with Gasteiger partial charge in [0.2, 0.25) is 0 Å². The van der Waals surface area contributed by atoms with Crippen LogP contribution >= 0.6 is 11.6 Å². The van der Waals surface area contributed by atoms with Crippen LogP contribution in [0.4, 0.5) is 5.69 Å². The van der Waals surface area contributed by atoms with Crippen molar-refractivity contribution >= 4 is 17.3 Å². The zero-order valence-corrected chi connectivity index (χ0v) is 9.80. The maximum Gasteiger partial charge on any atom is 0.152 e. The molecule has 1 N–H and O–H groups in total. The lowest BCUT2D eigenvalue weighted by Crippen LogP contribution is -2.23. The summed E-state index contributed by atoms with van der Waals surface area (Å²) in [6.07, 6.45) is 7.14. The van der Waals surface area contributed by atoms with Crippen LogP contribution in [0.25, 0.3) is 0 Å². The maximum atomic E-state index is 6.00. The standard InChI is InChI=1S/C12H17ClN2/c1-9(10-5-2-3-6-10)15-11-7-4-8-14-12(11)13/h4,7-10,15H,2-3,5-6H2,1H3. The minimum absolute atomic E-state index is 0.495. The molecule has 1 aliphatic carbocycles. The minimum atomic E-state index is 0.495. The van der Waals surface area contributed by atoms with Crippen molar-refractivity contribution in [3.05, 3.63) is 23.5 Å². The number of aromatic nitrogens is 1. The SMILES string of the molecule is CC(Nc1cccnc1Cl)C1CCCC1. The summed E-state index contributed by atoms with van der Waals surface area (Å²) in [5.41, 5.74) is 0.957. The minimum Gasteiger partial charge on any atom is -0.380 e. The summed E-state index contributed by atoms with van der Waals surface area (Å²) in [6.45, 7) is 2.24. The van der Waals surface area contributed by atoms with Gasteiger partial charge in [-0.05, 0) is 37.8 Å². The first-order chi connectivity index (χ1) is 7.27. The molecule has 0 aromatic carbocycles. The molecule has 0 radical (unpaired) electrons. The summed E-state index contributed by atoms with van der Waals surface area (Å²) in [5.74, 6) is 0.793. The van der Waals surface area contributed by atoms with Crippen molar-refractivity contribution < 1.29 is 0 Å². The van der Waals surface area contributed by atoms with Gasteiger partial charge in [-0.15, -0.1) is 0 Å². The summed E-state index contributed by atoms with van der Waals surface area (Å²) >= 11 is 6.00. The molecule has 82 valence electrons. The fraction of sp³-hybridized carbons (Fsp3) is 0.583. The highest BCUT2D eigenvalue weighted by molar-refractivity contribution is 6.31. The van der Waals surface area contributed by atoms with E-state index < -0.39 is 0 Å². The number of hydrogen-bond donors (Lipinski definition) is 1. The van der Waals surface area contributed by atoms with Crippen molar-refractivity contribution in [2.45, 2.75) is 38.6 Å². The molecule has 3 heteroatoms. The average Bonchev–Trinajstić information content (AvgIpc) is 2.74. The third-order valence-corrected chi connectivity index (χ3v) is 3.55. The second kappa shape index (κ2) is 4.84. The summed E-state index contributed by atoms with van der Waals surface area (Å²) in [7, 11) is 0. The molecule has 2 nitrogen and oxygen atoms in total. The number of rotatable bonds is 3. The second-order valence-corrected chi connectivity index (χ2v) is 4.68. The van der Waals surface area contributed by atoms with Crippen molar-refractivity contribution in [3.63, 3.8) is 0 Å². The molecule has 1 aliphatic rings. The molecule has 1 aromatic rings. The van der Waals surface area contributed by atoms with Gasteiger partial charge < -0.3 is 5.32 Å². The largest absolute Gasteiger partial charge is 0.380 e. The van der Waals surface area contributed by atoms with Crippen molar-refractivity contribution in [2.24, 2.45) is 5.92 Å². The summed E-state index contributed by atoms with van der Waals surface area (Å²) in [4.78, 5) is 4.06. The predicted molar refractivity (Wildman–Crippen MR) is 64.3 cm³/mol. The van der Waals surface area contributed by atoms with Crippen molar-refractivity contribution in [3.8, 4) is 0 Å². The van der Waals surface area contributed by atoms with Crippen molar-refractivity contribution in [1.82, 2.24) is 4.98 Å². The van der Waals surface area contributed by atoms with E-state index in [9.17, 15) is 0 Å². The van der Waals surface area contributed by atoms with E-state index in [2.05, 4.69) is 17.2 Å². The van der Waals surface area contributed by atoms with Gasteiger partial charge in [0.15, 0.2) is 5.15 Å². The Balaban J connectivity index is 1.99. The van der Waals surface area contributed by atoms with E-state index in [0.29, 0.717) is 11.2 Å². The molecule has 2 rings (SSSR count). The Bertz CT molecular complexity index is 321. The average molecular weight is 225 g/mol. The molecular weight excluding hydrogens is 208 g/mol. The Kier molecular flexibility index (Phi) is 3.47. The molecular formula is C12H17ClN2. The van der Waals surface area contributed by atoms with Gasteiger partial charge in [-0.1, -0.05) is 24.4 Å². The highest BCUT2D eigenvalue weighted by Gasteiger charge is 2.21. The van der Waals surface area contributed by atoms with Gasteiger partial charge in [0.1, 0.15) is 0 Å². The predicted octanol–water partition coefficient (Wildman–Crippen LogP) is 3.73. The lowest BCUT2D eigenvalue weighted by Gasteiger charge is -2.21. The molecule has 1 heterocycles. The summed E-state index contributed by atoms with van der Waals surface area (Å²) in [5, 5.41) is 4.03. The molecule has 0 spiro atoms. The van der Waals surface area contributed by atoms with E-state index in [-0.39, 0.29) is 0 Å². The first-order valence-electron chi connectivity index (χ1n) is 5.64. The lowest BCUT2D eigenvalue weighted by atomic mass is 10.00. The summed E-state index contributed by atoms with van der Waals surface area (Å²) < 4.78 is 0. The van der Waals surface area contributed by atoms with E-state index in [1.54, 1.807) is 6.20 Å². The number of nitrogens with zero attached hydrogens (tertiary/aromatic N) is 1. The molecule has 15 heavy (non-hydrogen) atoms. The van der Waals surface area contributed by atoms with Gasteiger partial charge in [0, 0.05) is 12.2 Å². The van der Waals surface area contributed by atoms with Crippen molar-refractivity contribution in [2.75, 3.05) is 5.32 Å². The monoisotopic (exact) mass is 224 g/mol. The number of nitrogens with one attached hydrogen (secondary N) is 1. The molecule has 0 amide bonds. The molecule has 1 unspecified atom stereocenters. The van der Waals surface area contributed by atoms with E-state index in [1.807, 2.05) is 12.1 Å². The molecule has 0 saturated heterocycles. The van der Waals surface area contributed by atoms with Crippen LogP contribution < -0.4 is 5.32 Å².